The van der Waals surface area contributed by atoms with Gasteiger partial charge in [0.1, 0.15) is 0 Å². The normalized spacial score (nSPS) is 18.1. The van der Waals surface area contributed by atoms with E-state index in [4.69, 9.17) is 0 Å². The zero-order chi connectivity index (χ0) is 6.69. The Labute approximate surface area is 57.3 Å². The number of hydrogen-bond donors (Lipinski definition) is 0. The quantitative estimate of drug-likeness (QED) is 0.526. The first-order valence-corrected chi connectivity index (χ1v) is 3.55. The number of rotatable bonds is 2. The minimum absolute atomic E-state index is 0.602. The van der Waals surface area contributed by atoms with E-state index < -0.39 is 0 Å². The molecule has 49 valence electrons. The Kier molecular flexibility index (Phi) is 2.10. The van der Waals surface area contributed by atoms with Gasteiger partial charge in [-0.1, -0.05) is 32.1 Å². The largest absolute Gasteiger partial charge is 0.0770 e. The van der Waals surface area contributed by atoms with Gasteiger partial charge in [0.25, 0.3) is 0 Å². The maximum absolute atomic E-state index is 3.25. The standard InChI is InChI=1S/C9H13/c1-8(2)7-9-5-3-4-6-9/h3-5,8-9H,7H2,1-2H3. The second kappa shape index (κ2) is 2.86. The molecule has 9 heavy (non-hydrogen) atoms. The molecule has 0 spiro atoms. The predicted octanol–water partition coefficient (Wildman–Crippen LogP) is 2.58. The average Bonchev–Trinajstić information content (AvgIpc) is 2.15. The third-order valence-electron chi connectivity index (χ3n) is 1.48. The minimum Gasteiger partial charge on any atom is -0.0770 e. The Morgan fingerprint density at radius 3 is 2.78 bits per heavy atom. The number of hydrogen-bond acceptors (Lipinski definition) is 0. The number of allylic oxidation sites excluding steroid dienone is 4. The molecule has 0 aliphatic heterocycles. The summed E-state index contributed by atoms with van der Waals surface area (Å²) in [6, 6.07) is 0. The van der Waals surface area contributed by atoms with E-state index in [1.165, 1.54) is 6.42 Å². The first-order valence-electron chi connectivity index (χ1n) is 3.55. The van der Waals surface area contributed by atoms with Gasteiger partial charge in [-0.3, -0.25) is 0 Å². The molecule has 1 rings (SSSR count). The average molecular weight is 121 g/mol. The van der Waals surface area contributed by atoms with Crippen molar-refractivity contribution in [2.24, 2.45) is 11.8 Å². The fourth-order valence-electron chi connectivity index (χ4n) is 1.08. The Morgan fingerprint density at radius 1 is 1.56 bits per heavy atom. The highest BCUT2D eigenvalue weighted by Gasteiger charge is 2.05. The first-order chi connectivity index (χ1) is 4.29. The summed E-state index contributed by atoms with van der Waals surface area (Å²) >= 11 is 0. The molecule has 0 saturated heterocycles. The summed E-state index contributed by atoms with van der Waals surface area (Å²) < 4.78 is 0. The Balaban J connectivity index is 2.29. The van der Waals surface area contributed by atoms with Crippen molar-refractivity contribution in [2.45, 2.75) is 20.3 Å². The minimum atomic E-state index is 0.602. The predicted molar refractivity (Wildman–Crippen MR) is 39.9 cm³/mol. The van der Waals surface area contributed by atoms with E-state index in [9.17, 15) is 0 Å². The van der Waals surface area contributed by atoms with E-state index in [0.29, 0.717) is 5.92 Å². The lowest BCUT2D eigenvalue weighted by molar-refractivity contribution is 0.529. The van der Waals surface area contributed by atoms with Crippen LogP contribution in [0.3, 0.4) is 0 Å². The summed E-state index contributed by atoms with van der Waals surface area (Å²) in [6.07, 6.45) is 10.8. The molecule has 0 aromatic heterocycles. The second-order valence-electron chi connectivity index (χ2n) is 2.95. The van der Waals surface area contributed by atoms with Gasteiger partial charge >= 0.3 is 0 Å². The fourth-order valence-corrected chi connectivity index (χ4v) is 1.08. The van der Waals surface area contributed by atoms with Crippen molar-refractivity contribution in [1.29, 1.82) is 0 Å². The molecule has 0 N–H and O–H groups in total. The first kappa shape index (κ1) is 6.60. The van der Waals surface area contributed by atoms with Crippen LogP contribution in [0.2, 0.25) is 0 Å². The van der Waals surface area contributed by atoms with Gasteiger partial charge in [-0.2, -0.15) is 0 Å². The van der Waals surface area contributed by atoms with E-state index in [1.54, 1.807) is 0 Å². The third-order valence-corrected chi connectivity index (χ3v) is 1.48. The zero-order valence-electron chi connectivity index (χ0n) is 6.09. The molecule has 0 bridgehead atoms. The van der Waals surface area contributed by atoms with Crippen molar-refractivity contribution in [3.05, 3.63) is 24.3 Å². The summed E-state index contributed by atoms with van der Waals surface area (Å²) in [4.78, 5) is 0. The molecule has 1 unspecified atom stereocenters. The van der Waals surface area contributed by atoms with Gasteiger partial charge in [-0.05, 0) is 18.4 Å². The van der Waals surface area contributed by atoms with Crippen molar-refractivity contribution in [2.75, 3.05) is 0 Å². The topological polar surface area (TPSA) is 0 Å². The van der Waals surface area contributed by atoms with Gasteiger partial charge in [0.2, 0.25) is 0 Å². The maximum Gasteiger partial charge on any atom is 0.00264 e. The van der Waals surface area contributed by atoms with Crippen LogP contribution in [0.15, 0.2) is 18.2 Å². The Morgan fingerprint density at radius 2 is 2.33 bits per heavy atom. The van der Waals surface area contributed by atoms with Crippen molar-refractivity contribution < 1.29 is 0 Å². The van der Waals surface area contributed by atoms with Crippen molar-refractivity contribution >= 4 is 0 Å². The van der Waals surface area contributed by atoms with E-state index in [0.717, 1.165) is 5.92 Å². The van der Waals surface area contributed by atoms with Gasteiger partial charge in [0.15, 0.2) is 0 Å². The van der Waals surface area contributed by atoms with Crippen LogP contribution in [0.4, 0.5) is 0 Å². The van der Waals surface area contributed by atoms with Crippen molar-refractivity contribution in [1.82, 2.24) is 0 Å². The van der Waals surface area contributed by atoms with Gasteiger partial charge in [-0.15, -0.1) is 0 Å². The van der Waals surface area contributed by atoms with E-state index >= 15 is 0 Å². The molecule has 1 radical (unpaired) electrons. The lowest BCUT2D eigenvalue weighted by atomic mass is 9.99. The summed E-state index contributed by atoms with van der Waals surface area (Å²) in [6.45, 7) is 4.49. The molecule has 1 atom stereocenters. The summed E-state index contributed by atoms with van der Waals surface area (Å²) in [7, 11) is 0. The van der Waals surface area contributed by atoms with Crippen LogP contribution < -0.4 is 0 Å². The molecular weight excluding hydrogens is 108 g/mol. The highest BCUT2D eigenvalue weighted by molar-refractivity contribution is 5.12. The van der Waals surface area contributed by atoms with Crippen LogP contribution in [0.25, 0.3) is 0 Å². The summed E-state index contributed by atoms with van der Waals surface area (Å²) in [5.74, 6) is 1.39. The Bertz CT molecular complexity index is 117. The van der Waals surface area contributed by atoms with E-state index in [1.807, 2.05) is 6.08 Å². The van der Waals surface area contributed by atoms with Gasteiger partial charge < -0.3 is 0 Å². The van der Waals surface area contributed by atoms with Crippen LogP contribution in [-0.2, 0) is 0 Å². The van der Waals surface area contributed by atoms with Crippen LogP contribution in [0, 0.1) is 17.9 Å². The molecule has 0 saturated carbocycles. The van der Waals surface area contributed by atoms with E-state index in [2.05, 4.69) is 32.1 Å². The maximum atomic E-state index is 3.25. The highest BCUT2D eigenvalue weighted by Crippen LogP contribution is 2.16. The van der Waals surface area contributed by atoms with Crippen LogP contribution in [0.5, 0.6) is 0 Å². The fraction of sp³-hybridized carbons (Fsp3) is 0.556. The van der Waals surface area contributed by atoms with Crippen molar-refractivity contribution in [3.8, 4) is 0 Å². The monoisotopic (exact) mass is 121 g/mol. The molecule has 0 heterocycles. The lowest BCUT2D eigenvalue weighted by Gasteiger charge is -2.06. The molecule has 0 aromatic rings. The highest BCUT2D eigenvalue weighted by atomic mass is 14.1. The molecule has 1 aliphatic carbocycles. The second-order valence-corrected chi connectivity index (χ2v) is 2.95. The van der Waals surface area contributed by atoms with Gasteiger partial charge in [-0.25, -0.2) is 0 Å². The van der Waals surface area contributed by atoms with Crippen LogP contribution in [0.1, 0.15) is 20.3 Å². The van der Waals surface area contributed by atoms with Crippen molar-refractivity contribution in [3.63, 3.8) is 0 Å². The molecule has 0 heteroatoms. The smallest absolute Gasteiger partial charge is 0.00264 e. The van der Waals surface area contributed by atoms with Crippen LogP contribution in [-0.4, -0.2) is 0 Å². The lowest BCUT2D eigenvalue weighted by Crippen LogP contribution is -1.95. The Hall–Kier alpha value is -0.520. The molecule has 0 fully saturated rings. The molecule has 1 aliphatic rings. The third kappa shape index (κ3) is 2.05. The molecule has 0 aromatic carbocycles. The van der Waals surface area contributed by atoms with Gasteiger partial charge in [0.05, 0.1) is 0 Å². The van der Waals surface area contributed by atoms with Gasteiger partial charge in [0, 0.05) is 5.92 Å². The summed E-state index contributed by atoms with van der Waals surface area (Å²) in [5, 5.41) is 0. The SMILES string of the molecule is CC(C)CC1[C]=CC=C1. The molecular formula is C9H13. The molecule has 0 amide bonds. The van der Waals surface area contributed by atoms with Crippen LogP contribution >= 0.6 is 0 Å². The molecule has 0 nitrogen and oxygen atoms in total. The summed E-state index contributed by atoms with van der Waals surface area (Å²) in [5.41, 5.74) is 0. The zero-order valence-corrected chi connectivity index (χ0v) is 6.09. The van der Waals surface area contributed by atoms with E-state index in [-0.39, 0.29) is 0 Å².